The van der Waals surface area contributed by atoms with Crippen molar-refractivity contribution < 1.29 is 4.79 Å². The van der Waals surface area contributed by atoms with Gasteiger partial charge in [0.05, 0.1) is 11.4 Å². The van der Waals surface area contributed by atoms with E-state index in [2.05, 4.69) is 41.5 Å². The summed E-state index contributed by atoms with van der Waals surface area (Å²) in [7, 11) is 0. The highest BCUT2D eigenvalue weighted by atomic mass is 16.1. The Morgan fingerprint density at radius 2 is 1.69 bits per heavy atom. The Morgan fingerprint density at radius 3 is 2.31 bits per heavy atom. The largest absolute Gasteiger partial charge is 0.294 e. The van der Waals surface area contributed by atoms with E-state index in [1.54, 1.807) is 0 Å². The molecule has 5 heteroatoms. The van der Waals surface area contributed by atoms with Crippen molar-refractivity contribution in [3.8, 4) is 0 Å². The second-order valence-corrected chi connectivity index (χ2v) is 8.56. The monoisotopic (exact) mass is 386 g/mol. The summed E-state index contributed by atoms with van der Waals surface area (Å²) >= 11 is 0. The van der Waals surface area contributed by atoms with E-state index in [0.717, 1.165) is 29.8 Å². The number of ketones is 1. The number of azo groups is 1. The van der Waals surface area contributed by atoms with Crippen LogP contribution in [-0.4, -0.2) is 11.6 Å². The average Bonchev–Trinajstić information content (AvgIpc) is 3.05. The second kappa shape index (κ2) is 7.39. The van der Waals surface area contributed by atoms with E-state index < -0.39 is 0 Å². The van der Waals surface area contributed by atoms with Gasteiger partial charge in [0.15, 0.2) is 11.6 Å². The molecule has 0 radical (unpaired) electrons. The Kier molecular flexibility index (Phi) is 4.91. The van der Waals surface area contributed by atoms with Crippen LogP contribution in [0, 0.1) is 16.7 Å². The molecule has 2 atom stereocenters. The third-order valence-corrected chi connectivity index (χ3v) is 6.75. The van der Waals surface area contributed by atoms with Crippen LogP contribution in [0.1, 0.15) is 33.6 Å². The van der Waals surface area contributed by atoms with Crippen LogP contribution in [0.25, 0.3) is 0 Å². The molecule has 2 aromatic rings. The number of nitrogens with zero attached hydrogens (tertiary/aromatic N) is 3. The minimum absolute atomic E-state index is 0.0511. The number of nitrogens with one attached hydrogen (secondary N) is 1. The Hall–Kier alpha value is -3.08. The summed E-state index contributed by atoms with van der Waals surface area (Å²) < 4.78 is 0. The molecular formula is C24H26N4O. The van der Waals surface area contributed by atoms with Crippen molar-refractivity contribution >= 4 is 23.0 Å². The molecule has 0 aliphatic heterocycles. The molecule has 2 bridgehead atoms. The number of fused-ring (bicyclic) bond motifs is 2. The van der Waals surface area contributed by atoms with E-state index >= 15 is 0 Å². The van der Waals surface area contributed by atoms with Gasteiger partial charge in [0.1, 0.15) is 0 Å². The number of carbonyl (C=O) groups is 1. The molecule has 2 aromatic carbocycles. The molecule has 0 spiro atoms. The van der Waals surface area contributed by atoms with Crippen LogP contribution in [0.2, 0.25) is 0 Å². The van der Waals surface area contributed by atoms with E-state index in [9.17, 15) is 4.79 Å². The molecular weight excluding hydrogens is 360 g/mol. The lowest BCUT2D eigenvalue weighted by molar-refractivity contribution is -0.125. The highest BCUT2D eigenvalue weighted by Gasteiger charge is 2.63. The summed E-state index contributed by atoms with van der Waals surface area (Å²) in [4.78, 5) is 13.2. The quantitative estimate of drug-likeness (QED) is 0.225. The van der Waals surface area contributed by atoms with Crippen molar-refractivity contribution in [2.75, 3.05) is 5.43 Å². The lowest BCUT2D eigenvalue weighted by Gasteiger charge is -2.31. The van der Waals surface area contributed by atoms with Crippen molar-refractivity contribution in [2.45, 2.75) is 33.6 Å². The van der Waals surface area contributed by atoms with Gasteiger partial charge < -0.3 is 0 Å². The zero-order valence-electron chi connectivity index (χ0n) is 17.1. The topological polar surface area (TPSA) is 66.2 Å². The molecule has 4 rings (SSSR count). The first-order chi connectivity index (χ1) is 13.9. The third-order valence-electron chi connectivity index (χ3n) is 6.75. The summed E-state index contributed by atoms with van der Waals surface area (Å²) in [5, 5.41) is 13.1. The standard InChI is InChI=1S/C24H26N4O/c1-23(2)20-14-15-24(23,3)22(29)19(20)16-21(27-25-17-10-6-4-7-11-17)28-26-18-12-8-5-9-13-18/h4-13,16,20,25H,14-15H2,1-3H3/t20-,24-/m1/s1. The highest BCUT2D eigenvalue weighted by molar-refractivity contribution is 6.10. The van der Waals surface area contributed by atoms with Gasteiger partial charge >= 0.3 is 0 Å². The predicted molar refractivity (Wildman–Crippen MR) is 116 cm³/mol. The molecule has 5 nitrogen and oxygen atoms in total. The number of benzene rings is 2. The Bertz CT molecular complexity index is 992. The van der Waals surface area contributed by atoms with Crippen molar-refractivity contribution in [2.24, 2.45) is 32.1 Å². The first-order valence-corrected chi connectivity index (χ1v) is 10.0. The second-order valence-electron chi connectivity index (χ2n) is 8.56. The maximum atomic E-state index is 13.2. The Morgan fingerprint density at radius 1 is 1.03 bits per heavy atom. The number of hydrogen-bond donors (Lipinski definition) is 1. The van der Waals surface area contributed by atoms with Gasteiger partial charge in [-0.1, -0.05) is 57.2 Å². The third kappa shape index (κ3) is 3.41. The molecule has 2 aliphatic carbocycles. The molecule has 2 fully saturated rings. The molecule has 2 aliphatic rings. The summed E-state index contributed by atoms with van der Waals surface area (Å²) in [5.74, 6) is 0.850. The molecule has 148 valence electrons. The van der Waals surface area contributed by atoms with Gasteiger partial charge in [0.25, 0.3) is 0 Å². The first-order valence-electron chi connectivity index (χ1n) is 10.0. The molecule has 0 amide bonds. The minimum atomic E-state index is -0.307. The fourth-order valence-electron chi connectivity index (χ4n) is 4.55. The summed E-state index contributed by atoms with van der Waals surface area (Å²) in [6.45, 7) is 6.50. The number of allylic oxidation sites excluding steroid dienone is 1. The maximum absolute atomic E-state index is 13.2. The molecule has 0 saturated heterocycles. The lowest BCUT2D eigenvalue weighted by Crippen LogP contribution is -2.32. The molecule has 0 heterocycles. The van der Waals surface area contributed by atoms with Crippen molar-refractivity contribution in [1.29, 1.82) is 0 Å². The normalized spacial score (nSPS) is 27.1. The van der Waals surface area contributed by atoms with Crippen molar-refractivity contribution in [1.82, 2.24) is 0 Å². The number of para-hydroxylation sites is 1. The fraction of sp³-hybridized carbons (Fsp3) is 0.333. The van der Waals surface area contributed by atoms with Crippen LogP contribution >= 0.6 is 0 Å². The van der Waals surface area contributed by atoms with Crippen LogP contribution in [0.3, 0.4) is 0 Å². The molecule has 1 N–H and O–H groups in total. The van der Waals surface area contributed by atoms with E-state index in [4.69, 9.17) is 0 Å². The number of Topliss-reactive ketones (excluding diaryl/α,β-unsaturated/α-hetero) is 1. The van der Waals surface area contributed by atoms with E-state index in [-0.39, 0.29) is 22.5 Å². The zero-order valence-corrected chi connectivity index (χ0v) is 17.1. The van der Waals surface area contributed by atoms with Gasteiger partial charge in [-0.15, -0.1) is 10.2 Å². The molecule has 29 heavy (non-hydrogen) atoms. The molecule has 0 unspecified atom stereocenters. The smallest absolute Gasteiger partial charge is 0.194 e. The van der Waals surface area contributed by atoms with Crippen LogP contribution in [0.4, 0.5) is 11.4 Å². The Labute approximate surface area is 171 Å². The van der Waals surface area contributed by atoms with Gasteiger partial charge in [0.2, 0.25) is 0 Å². The van der Waals surface area contributed by atoms with E-state index in [1.165, 1.54) is 0 Å². The van der Waals surface area contributed by atoms with Crippen molar-refractivity contribution in [3.63, 3.8) is 0 Å². The maximum Gasteiger partial charge on any atom is 0.194 e. The van der Waals surface area contributed by atoms with Gasteiger partial charge in [-0.05, 0) is 54.5 Å². The van der Waals surface area contributed by atoms with Crippen LogP contribution in [-0.2, 0) is 4.79 Å². The summed E-state index contributed by atoms with van der Waals surface area (Å²) in [6, 6.07) is 19.2. The zero-order chi connectivity index (χ0) is 20.5. The fourth-order valence-corrected chi connectivity index (χ4v) is 4.55. The van der Waals surface area contributed by atoms with Gasteiger partial charge in [-0.2, -0.15) is 5.10 Å². The van der Waals surface area contributed by atoms with Crippen molar-refractivity contribution in [3.05, 3.63) is 72.3 Å². The predicted octanol–water partition coefficient (Wildman–Crippen LogP) is 6.15. The van der Waals surface area contributed by atoms with Crippen LogP contribution in [0.15, 0.2) is 87.6 Å². The summed E-state index contributed by atoms with van der Waals surface area (Å²) in [5.41, 5.74) is 5.08. The van der Waals surface area contributed by atoms with Crippen LogP contribution < -0.4 is 5.43 Å². The lowest BCUT2D eigenvalue weighted by atomic mass is 9.70. The summed E-state index contributed by atoms with van der Waals surface area (Å²) in [6.07, 6.45) is 3.79. The van der Waals surface area contributed by atoms with Gasteiger partial charge in [-0.3, -0.25) is 10.2 Å². The SMILES string of the molecule is CC1(C)[C@@H]2CC[C@]1(C)C(=O)C2=CC(N=Nc1ccccc1)=NNc1ccccc1. The average molecular weight is 386 g/mol. The van der Waals surface area contributed by atoms with Gasteiger partial charge in [-0.25, -0.2) is 0 Å². The van der Waals surface area contributed by atoms with E-state index in [1.807, 2.05) is 66.7 Å². The Balaban J connectivity index is 1.68. The number of carbonyl (C=O) groups excluding carboxylic acids is 1. The number of hydrogen-bond acceptors (Lipinski definition) is 4. The highest BCUT2D eigenvalue weighted by Crippen LogP contribution is 2.65. The number of rotatable bonds is 4. The molecule has 2 saturated carbocycles. The number of anilines is 1. The van der Waals surface area contributed by atoms with E-state index in [0.29, 0.717) is 5.84 Å². The number of amidine groups is 1. The first kappa shape index (κ1) is 19.2. The molecule has 0 aromatic heterocycles. The number of hydrazone groups is 1. The van der Waals surface area contributed by atoms with Gasteiger partial charge in [0, 0.05) is 11.0 Å². The van der Waals surface area contributed by atoms with Crippen LogP contribution in [0.5, 0.6) is 0 Å². The minimum Gasteiger partial charge on any atom is -0.294 e.